The minimum atomic E-state index is -2.83. The summed E-state index contributed by atoms with van der Waals surface area (Å²) in [6.45, 7) is 15.5. The molecule has 0 radical (unpaired) electrons. The number of aromatic nitrogens is 6. The second kappa shape index (κ2) is 14.8. The average Bonchev–Trinajstić information content (AvgIpc) is 3.79. The van der Waals surface area contributed by atoms with Gasteiger partial charge in [0.1, 0.15) is 17.5 Å². The summed E-state index contributed by atoms with van der Waals surface area (Å²) < 4.78 is 52.1. The summed E-state index contributed by atoms with van der Waals surface area (Å²) >= 11 is 0. The summed E-state index contributed by atoms with van der Waals surface area (Å²) in [4.78, 5) is 24.7. The van der Waals surface area contributed by atoms with Crippen molar-refractivity contribution in [1.29, 1.82) is 0 Å². The molecule has 232 valence electrons. The van der Waals surface area contributed by atoms with Crippen LogP contribution in [0.25, 0.3) is 0 Å². The standard InChI is InChI=1S/C12H18N2.C10H14F2N2O.C9H12F2N2/c1-4-12(2,3)11-13-7-10(8-14-11)9-5-6-9;1-4-10(2,3)8-13-5-7(6-14-8)15-9(11)12;1-9(2,3)8-12-4-6(5-13-8)7(10)11/h7-9H,4-6H2,1-3H3;5-6,9H,4H2,1-3H3;4-5,7H,1-3H3. The van der Waals surface area contributed by atoms with Crippen LogP contribution >= 0.6 is 0 Å². The van der Waals surface area contributed by atoms with Crippen molar-refractivity contribution in [2.24, 2.45) is 0 Å². The van der Waals surface area contributed by atoms with Crippen LogP contribution in [0.15, 0.2) is 37.2 Å². The Morgan fingerprint density at radius 1 is 0.667 bits per heavy atom. The highest BCUT2D eigenvalue weighted by molar-refractivity contribution is 5.19. The van der Waals surface area contributed by atoms with Crippen LogP contribution in [-0.2, 0) is 16.2 Å². The van der Waals surface area contributed by atoms with Gasteiger partial charge in [0.15, 0.2) is 5.75 Å². The third kappa shape index (κ3) is 10.9. The molecule has 3 heterocycles. The smallest absolute Gasteiger partial charge is 0.387 e. The predicted octanol–water partition coefficient (Wildman–Crippen LogP) is 8.52. The molecule has 11 heteroatoms. The summed E-state index contributed by atoms with van der Waals surface area (Å²) in [7, 11) is 0. The molecule has 1 aliphatic carbocycles. The fourth-order valence-corrected chi connectivity index (χ4v) is 3.30. The van der Waals surface area contributed by atoms with Gasteiger partial charge in [-0.3, -0.25) is 0 Å². The Labute approximate surface area is 247 Å². The van der Waals surface area contributed by atoms with Gasteiger partial charge in [-0.2, -0.15) is 8.78 Å². The molecular formula is C31H44F4N6O. The fraction of sp³-hybridized carbons (Fsp3) is 0.613. The quantitative estimate of drug-likeness (QED) is 0.242. The molecule has 0 aromatic carbocycles. The molecule has 3 aromatic rings. The summed E-state index contributed by atoms with van der Waals surface area (Å²) in [6.07, 6.45) is 11.0. The van der Waals surface area contributed by atoms with Gasteiger partial charge < -0.3 is 4.74 Å². The topological polar surface area (TPSA) is 86.6 Å². The van der Waals surface area contributed by atoms with Crippen molar-refractivity contribution < 1.29 is 22.3 Å². The maximum Gasteiger partial charge on any atom is 0.387 e. The second-order valence-electron chi connectivity index (χ2n) is 12.6. The van der Waals surface area contributed by atoms with Crippen molar-refractivity contribution in [3.05, 3.63) is 65.8 Å². The number of nitrogens with zero attached hydrogens (tertiary/aromatic N) is 6. The van der Waals surface area contributed by atoms with E-state index in [0.717, 1.165) is 24.6 Å². The molecule has 0 amide bonds. The van der Waals surface area contributed by atoms with Crippen LogP contribution in [0.4, 0.5) is 17.6 Å². The molecule has 0 N–H and O–H groups in total. The van der Waals surface area contributed by atoms with Gasteiger partial charge in [-0.25, -0.2) is 38.7 Å². The first kappa shape index (κ1) is 35.0. The number of rotatable bonds is 8. The van der Waals surface area contributed by atoms with Gasteiger partial charge in [-0.05, 0) is 37.2 Å². The van der Waals surface area contributed by atoms with E-state index in [2.05, 4.69) is 55.4 Å². The van der Waals surface area contributed by atoms with Crippen LogP contribution in [-0.4, -0.2) is 36.5 Å². The van der Waals surface area contributed by atoms with Crippen molar-refractivity contribution in [3.8, 4) is 5.75 Å². The van der Waals surface area contributed by atoms with Crippen LogP contribution in [0.3, 0.4) is 0 Å². The van der Waals surface area contributed by atoms with E-state index in [1.807, 2.05) is 53.9 Å². The molecule has 7 nitrogen and oxygen atoms in total. The molecule has 0 aliphatic heterocycles. The van der Waals surface area contributed by atoms with E-state index in [0.29, 0.717) is 11.6 Å². The zero-order valence-electron chi connectivity index (χ0n) is 26.1. The lowest BCUT2D eigenvalue weighted by atomic mass is 9.89. The van der Waals surface area contributed by atoms with E-state index < -0.39 is 13.0 Å². The van der Waals surface area contributed by atoms with Crippen molar-refractivity contribution in [2.45, 2.75) is 123 Å². The average molecular weight is 593 g/mol. The molecule has 0 unspecified atom stereocenters. The first-order chi connectivity index (χ1) is 19.5. The Kier molecular flexibility index (Phi) is 12.3. The van der Waals surface area contributed by atoms with Gasteiger partial charge in [0.25, 0.3) is 6.43 Å². The Morgan fingerprint density at radius 3 is 1.40 bits per heavy atom. The zero-order chi connectivity index (χ0) is 31.7. The molecule has 0 spiro atoms. The van der Waals surface area contributed by atoms with E-state index in [-0.39, 0.29) is 27.6 Å². The highest BCUT2D eigenvalue weighted by Gasteiger charge is 2.26. The van der Waals surface area contributed by atoms with Gasteiger partial charge in [0.2, 0.25) is 0 Å². The van der Waals surface area contributed by atoms with E-state index in [4.69, 9.17) is 0 Å². The Hall–Kier alpha value is -3.24. The molecular weight excluding hydrogens is 548 g/mol. The van der Waals surface area contributed by atoms with E-state index in [1.54, 1.807) is 0 Å². The molecule has 3 aromatic heterocycles. The molecule has 1 saturated carbocycles. The lowest BCUT2D eigenvalue weighted by Crippen LogP contribution is -2.19. The van der Waals surface area contributed by atoms with Crippen LogP contribution in [0.1, 0.15) is 129 Å². The second-order valence-corrected chi connectivity index (χ2v) is 12.6. The maximum atomic E-state index is 12.1. The van der Waals surface area contributed by atoms with Gasteiger partial charge >= 0.3 is 6.61 Å². The summed E-state index contributed by atoms with van der Waals surface area (Å²) in [5.74, 6) is 2.93. The van der Waals surface area contributed by atoms with Crippen LogP contribution < -0.4 is 4.74 Å². The summed E-state index contributed by atoms with van der Waals surface area (Å²) in [6, 6.07) is 0. The highest BCUT2D eigenvalue weighted by atomic mass is 19.3. The molecule has 1 fully saturated rings. The molecule has 42 heavy (non-hydrogen) atoms. The molecule has 0 saturated heterocycles. The van der Waals surface area contributed by atoms with Gasteiger partial charge in [0, 0.05) is 41.0 Å². The largest absolute Gasteiger partial charge is 0.432 e. The zero-order valence-corrected chi connectivity index (χ0v) is 26.1. The first-order valence-electron chi connectivity index (χ1n) is 14.2. The van der Waals surface area contributed by atoms with Crippen LogP contribution in [0.2, 0.25) is 0 Å². The summed E-state index contributed by atoms with van der Waals surface area (Å²) in [5, 5.41) is 0. The van der Waals surface area contributed by atoms with Crippen molar-refractivity contribution in [2.75, 3.05) is 0 Å². The predicted molar refractivity (Wildman–Crippen MR) is 155 cm³/mol. The van der Waals surface area contributed by atoms with Crippen molar-refractivity contribution >= 4 is 0 Å². The highest BCUT2D eigenvalue weighted by Crippen LogP contribution is 2.39. The van der Waals surface area contributed by atoms with Crippen LogP contribution in [0, 0.1) is 0 Å². The fourth-order valence-electron chi connectivity index (χ4n) is 3.30. The van der Waals surface area contributed by atoms with E-state index in [9.17, 15) is 17.6 Å². The number of hydrogen-bond donors (Lipinski definition) is 0. The Balaban J connectivity index is 0.000000221. The molecule has 0 bridgehead atoms. The van der Waals surface area contributed by atoms with E-state index in [1.165, 1.54) is 43.2 Å². The number of halogens is 4. The van der Waals surface area contributed by atoms with E-state index >= 15 is 0 Å². The minimum absolute atomic E-state index is 0.0133. The van der Waals surface area contributed by atoms with Crippen molar-refractivity contribution in [3.63, 3.8) is 0 Å². The SMILES string of the molecule is CC(C)(C)c1ncc(C(F)F)cn1.CCC(C)(C)c1ncc(C2CC2)cn1.CCC(C)(C)c1ncc(OC(F)F)cn1. The lowest BCUT2D eigenvalue weighted by molar-refractivity contribution is -0.0503. The van der Waals surface area contributed by atoms with Gasteiger partial charge in [0.05, 0.1) is 18.0 Å². The Bertz CT molecular complexity index is 1210. The lowest BCUT2D eigenvalue weighted by Gasteiger charge is -2.20. The maximum absolute atomic E-state index is 12.1. The first-order valence-corrected chi connectivity index (χ1v) is 14.2. The number of ether oxygens (including phenoxy) is 1. The molecule has 1 aliphatic rings. The number of hydrogen-bond acceptors (Lipinski definition) is 7. The third-order valence-corrected chi connectivity index (χ3v) is 7.15. The van der Waals surface area contributed by atoms with Crippen molar-refractivity contribution in [1.82, 2.24) is 29.9 Å². The normalized spacial score (nSPS) is 13.7. The third-order valence-electron chi connectivity index (χ3n) is 7.15. The molecule has 4 rings (SSSR count). The monoisotopic (exact) mass is 592 g/mol. The van der Waals surface area contributed by atoms with Crippen LogP contribution in [0.5, 0.6) is 5.75 Å². The van der Waals surface area contributed by atoms with Gasteiger partial charge in [-0.1, -0.05) is 62.3 Å². The minimum Gasteiger partial charge on any atom is -0.432 e. The summed E-state index contributed by atoms with van der Waals surface area (Å²) in [5.41, 5.74) is 0.959. The number of alkyl halides is 4. The van der Waals surface area contributed by atoms with Gasteiger partial charge in [-0.15, -0.1) is 0 Å². The Morgan fingerprint density at radius 2 is 1.07 bits per heavy atom. The molecule has 0 atom stereocenters.